The highest BCUT2D eigenvalue weighted by atomic mass is 31.2. The number of anilines is 1. The van der Waals surface area contributed by atoms with Gasteiger partial charge in [-0.15, -0.1) is 0 Å². The molecule has 0 aromatic carbocycles. The fraction of sp³-hybridized carbons (Fsp3) is 0.556. The molecule has 12 heteroatoms. The fourth-order valence-corrected chi connectivity index (χ4v) is 2.27. The topological polar surface area (TPSA) is 183 Å². The molecular formula is C9H12N3O8P-2. The van der Waals surface area contributed by atoms with Gasteiger partial charge >= 0.3 is 0 Å². The van der Waals surface area contributed by atoms with E-state index in [2.05, 4.69) is 9.51 Å². The third-order valence-corrected chi connectivity index (χ3v) is 3.45. The lowest BCUT2D eigenvalue weighted by molar-refractivity contribution is -0.343. The van der Waals surface area contributed by atoms with Gasteiger partial charge in [0.2, 0.25) is 0 Å². The van der Waals surface area contributed by atoms with Gasteiger partial charge in [-0.25, -0.2) is 4.98 Å². The van der Waals surface area contributed by atoms with Crippen LogP contribution in [0.4, 0.5) is 5.82 Å². The largest absolute Gasteiger partial charge is 0.790 e. The molecule has 1 aromatic heterocycles. The lowest BCUT2D eigenvalue weighted by Gasteiger charge is -2.30. The molecule has 1 aromatic rings. The first-order chi connectivity index (χ1) is 9.74. The molecule has 11 nitrogen and oxygen atoms in total. The molecule has 0 saturated carbocycles. The second-order valence-electron chi connectivity index (χ2n) is 4.33. The lowest BCUT2D eigenvalue weighted by atomic mass is 10.1. The normalized spacial score (nSPS) is 29.7. The van der Waals surface area contributed by atoms with E-state index in [9.17, 15) is 29.4 Å². The van der Waals surface area contributed by atoms with Gasteiger partial charge in [0.25, 0.3) is 0 Å². The Morgan fingerprint density at radius 2 is 2.19 bits per heavy atom. The molecule has 0 radical (unpaired) electrons. The number of nitrogens with zero attached hydrogens (tertiary/aromatic N) is 2. The molecule has 0 aliphatic carbocycles. The second kappa shape index (κ2) is 5.81. The van der Waals surface area contributed by atoms with E-state index in [1.54, 1.807) is 0 Å². The van der Waals surface area contributed by atoms with E-state index in [1.165, 1.54) is 0 Å². The van der Waals surface area contributed by atoms with Crippen LogP contribution in [0.1, 0.15) is 16.7 Å². The Hall–Kier alpha value is -1.33. The molecule has 1 aliphatic rings. The highest BCUT2D eigenvalue weighted by molar-refractivity contribution is 7.43. The predicted molar refractivity (Wildman–Crippen MR) is 61.5 cm³/mol. The van der Waals surface area contributed by atoms with Crippen LogP contribution < -0.4 is 15.5 Å². The molecule has 118 valence electrons. The fourth-order valence-electron chi connectivity index (χ4n) is 1.94. The van der Waals surface area contributed by atoms with Crippen LogP contribution in [-0.2, 0) is 13.8 Å². The number of hydrogen-bond acceptors (Lipinski definition) is 10. The number of phosphoric ester groups is 1. The Morgan fingerprint density at radius 1 is 1.52 bits per heavy atom. The van der Waals surface area contributed by atoms with E-state index in [1.807, 2.05) is 0 Å². The number of nitrogen functional groups attached to an aromatic ring is 1. The smallest absolute Gasteiger partial charge is 0.172 e. The predicted octanol–water partition coefficient (Wildman–Crippen LogP) is -3.26. The summed E-state index contributed by atoms with van der Waals surface area (Å²) in [6.07, 6.45) is -3.94. The number of aliphatic hydroxyl groups excluding tert-OH is 2. The number of aliphatic hydroxyl groups is 2. The maximum Gasteiger partial charge on any atom is 0.172 e. The van der Waals surface area contributed by atoms with Crippen LogP contribution >= 0.6 is 7.82 Å². The van der Waals surface area contributed by atoms with Crippen LogP contribution in [0.3, 0.4) is 0 Å². The van der Waals surface area contributed by atoms with Gasteiger partial charge < -0.3 is 39.6 Å². The maximum absolute atomic E-state index is 10.6. The number of phosphoric acid groups is 1. The van der Waals surface area contributed by atoms with Crippen LogP contribution in [0.25, 0.3) is 0 Å². The molecule has 0 bridgehead atoms. The molecule has 0 amide bonds. The van der Waals surface area contributed by atoms with Crippen molar-refractivity contribution in [3.63, 3.8) is 0 Å². The quantitative estimate of drug-likeness (QED) is 0.367. The zero-order chi connectivity index (χ0) is 15.8. The third kappa shape index (κ3) is 3.30. The van der Waals surface area contributed by atoms with Gasteiger partial charge in [-0.1, -0.05) is 0 Å². The van der Waals surface area contributed by atoms with E-state index in [0.717, 1.165) is 10.9 Å². The van der Waals surface area contributed by atoms with Gasteiger partial charge in [0, 0.05) is 0 Å². The molecule has 0 unspecified atom stereocenters. The van der Waals surface area contributed by atoms with E-state index >= 15 is 0 Å². The minimum Gasteiger partial charge on any atom is -0.790 e. The highest BCUT2D eigenvalue weighted by Gasteiger charge is 2.44. The minimum absolute atomic E-state index is 0.0800. The van der Waals surface area contributed by atoms with Crippen molar-refractivity contribution in [3.05, 3.63) is 12.0 Å². The molecule has 21 heavy (non-hydrogen) atoms. The monoisotopic (exact) mass is 321 g/mol. The summed E-state index contributed by atoms with van der Waals surface area (Å²) in [6.45, 7) is -0.756. The summed E-state index contributed by atoms with van der Waals surface area (Å²) in [7, 11) is -5.23. The summed E-state index contributed by atoms with van der Waals surface area (Å²) in [5.74, 6) is -0.0962. The molecule has 1 saturated heterocycles. The summed E-state index contributed by atoms with van der Waals surface area (Å²) in [5.41, 5.74) is 5.53. The number of hydrogen-bond donors (Lipinski definition) is 3. The maximum atomic E-state index is 10.6. The highest BCUT2D eigenvalue weighted by Crippen LogP contribution is 2.34. The Balaban J connectivity index is 2.14. The zero-order valence-electron chi connectivity index (χ0n) is 10.4. The van der Waals surface area contributed by atoms with Gasteiger partial charge in [0.05, 0.1) is 20.8 Å². The summed E-state index contributed by atoms with van der Waals surface area (Å²) < 4.78 is 20.7. The van der Waals surface area contributed by atoms with Crippen LogP contribution in [0, 0.1) is 0 Å². The zero-order valence-corrected chi connectivity index (χ0v) is 11.3. The van der Waals surface area contributed by atoms with E-state index in [4.69, 9.17) is 10.5 Å². The number of imidazole rings is 1. The number of ether oxygens (including phenoxy) is 1. The SMILES string of the molecule is Nc1c(C=O)ncn1[C@@H]1O[C@H](COP(=O)([O-])[O-])[C@@H](O)[C@H]1O. The summed E-state index contributed by atoms with van der Waals surface area (Å²) in [6, 6.07) is 0. The number of carbonyl (C=O) groups is 1. The Bertz CT molecular complexity index is 571. The first-order valence-electron chi connectivity index (χ1n) is 5.70. The minimum atomic E-state index is -5.23. The van der Waals surface area contributed by atoms with Crippen molar-refractivity contribution in [2.24, 2.45) is 0 Å². The van der Waals surface area contributed by atoms with Gasteiger partial charge in [-0.3, -0.25) is 9.36 Å². The van der Waals surface area contributed by atoms with Gasteiger partial charge in [-0.2, -0.15) is 0 Å². The standard InChI is InChI=1S/C9H14N3O8P/c10-8-4(1-13)11-3-12(8)9-7(15)6(14)5(20-9)2-19-21(16,17)18/h1,3,5-7,9,14-15H,2,10H2,(H2,16,17,18)/p-2/t5-,6-,7-,9-/m1/s1. The molecule has 1 fully saturated rings. The van der Waals surface area contributed by atoms with Crippen molar-refractivity contribution < 1.29 is 38.6 Å². The average Bonchev–Trinajstić information content (AvgIpc) is 2.89. The van der Waals surface area contributed by atoms with Crippen molar-refractivity contribution >= 4 is 19.9 Å². The lowest BCUT2D eigenvalue weighted by Crippen LogP contribution is -2.34. The summed E-state index contributed by atoms with van der Waals surface area (Å²) in [5, 5.41) is 19.6. The Morgan fingerprint density at radius 3 is 2.71 bits per heavy atom. The number of aldehydes is 1. The Labute approximate surface area is 118 Å². The van der Waals surface area contributed by atoms with Crippen molar-refractivity contribution in [1.29, 1.82) is 0 Å². The van der Waals surface area contributed by atoms with E-state index in [-0.39, 0.29) is 11.5 Å². The van der Waals surface area contributed by atoms with Crippen LogP contribution in [0.2, 0.25) is 0 Å². The van der Waals surface area contributed by atoms with Crippen molar-refractivity contribution in [2.75, 3.05) is 12.3 Å². The van der Waals surface area contributed by atoms with Crippen LogP contribution in [-0.4, -0.2) is 51.0 Å². The molecule has 2 heterocycles. The van der Waals surface area contributed by atoms with Crippen LogP contribution in [0.5, 0.6) is 0 Å². The van der Waals surface area contributed by atoms with E-state index in [0.29, 0.717) is 6.29 Å². The molecule has 2 rings (SSSR count). The third-order valence-electron chi connectivity index (χ3n) is 2.98. The molecule has 4 N–H and O–H groups in total. The number of carbonyl (C=O) groups excluding carboxylic acids is 1. The average molecular weight is 321 g/mol. The van der Waals surface area contributed by atoms with E-state index < -0.39 is 39.0 Å². The first kappa shape index (κ1) is 16.0. The number of aromatic nitrogens is 2. The number of nitrogens with two attached hydrogens (primary N) is 1. The van der Waals surface area contributed by atoms with Gasteiger partial charge in [0.1, 0.15) is 29.8 Å². The van der Waals surface area contributed by atoms with Crippen molar-refractivity contribution in [2.45, 2.75) is 24.5 Å². The Kier molecular flexibility index (Phi) is 4.44. The van der Waals surface area contributed by atoms with Crippen LogP contribution in [0.15, 0.2) is 6.33 Å². The summed E-state index contributed by atoms with van der Waals surface area (Å²) in [4.78, 5) is 35.1. The molecule has 1 aliphatic heterocycles. The first-order valence-corrected chi connectivity index (χ1v) is 7.16. The van der Waals surface area contributed by atoms with Crippen molar-refractivity contribution in [1.82, 2.24) is 9.55 Å². The molecular weight excluding hydrogens is 309 g/mol. The van der Waals surface area contributed by atoms with Crippen molar-refractivity contribution in [3.8, 4) is 0 Å². The molecule has 0 spiro atoms. The van der Waals surface area contributed by atoms with Gasteiger partial charge in [0.15, 0.2) is 12.5 Å². The number of rotatable bonds is 5. The van der Waals surface area contributed by atoms with Gasteiger partial charge in [-0.05, 0) is 0 Å². The summed E-state index contributed by atoms with van der Waals surface area (Å²) >= 11 is 0. The molecule has 4 atom stereocenters. The second-order valence-corrected chi connectivity index (χ2v) is 5.48.